The van der Waals surface area contributed by atoms with Gasteiger partial charge in [-0.15, -0.1) is 0 Å². The van der Waals surface area contributed by atoms with Gasteiger partial charge in [-0.3, -0.25) is 9.32 Å². The number of rotatable bonds is 6. The van der Waals surface area contributed by atoms with E-state index in [1.165, 1.54) is 0 Å². The summed E-state index contributed by atoms with van der Waals surface area (Å²) in [5.41, 5.74) is 5.37. The van der Waals surface area contributed by atoms with E-state index < -0.39 is 13.7 Å². The molecule has 0 radical (unpaired) electrons. The Kier molecular flexibility index (Phi) is 4.44. The van der Waals surface area contributed by atoms with E-state index in [2.05, 4.69) is 15.4 Å². The number of hydrogen-bond acceptors (Lipinski definition) is 5. The molecule has 2 rings (SSSR count). The van der Waals surface area contributed by atoms with Gasteiger partial charge in [0.05, 0.1) is 6.61 Å². The molecule has 1 aromatic rings. The Balaban J connectivity index is 1.94. The lowest BCUT2D eigenvalue weighted by molar-refractivity contribution is 0.0996. The number of nitrogens with zero attached hydrogens (tertiary/aromatic N) is 2. The average molecular weight is 303 g/mol. The molecular formula is C10H18N5O4P. The third-order valence-corrected chi connectivity index (χ3v) is 4.11. The maximum absolute atomic E-state index is 11.5. The predicted molar refractivity (Wildman–Crippen MR) is 72.2 cm³/mol. The maximum Gasteiger partial charge on any atom is 0.402 e. The van der Waals surface area contributed by atoms with Gasteiger partial charge >= 0.3 is 7.75 Å². The van der Waals surface area contributed by atoms with Crippen molar-refractivity contribution in [2.45, 2.75) is 13.5 Å². The normalized spacial score (nSPS) is 20.8. The van der Waals surface area contributed by atoms with Crippen molar-refractivity contribution in [3.63, 3.8) is 0 Å². The van der Waals surface area contributed by atoms with Crippen molar-refractivity contribution in [3.8, 4) is 0 Å². The Morgan fingerprint density at radius 2 is 2.55 bits per heavy atom. The van der Waals surface area contributed by atoms with Crippen LogP contribution >= 0.6 is 7.75 Å². The van der Waals surface area contributed by atoms with E-state index in [0.717, 1.165) is 0 Å². The van der Waals surface area contributed by atoms with Gasteiger partial charge in [0.2, 0.25) is 5.95 Å². The maximum atomic E-state index is 11.5. The molecule has 2 atom stereocenters. The zero-order valence-electron chi connectivity index (χ0n) is 11.1. The first-order valence-electron chi connectivity index (χ1n) is 6.24. The van der Waals surface area contributed by atoms with Crippen LogP contribution in [0.2, 0.25) is 0 Å². The third kappa shape index (κ3) is 3.57. The highest BCUT2D eigenvalue weighted by molar-refractivity contribution is 7.50. The molecule has 112 valence electrons. The van der Waals surface area contributed by atoms with E-state index in [9.17, 15) is 14.3 Å². The summed E-state index contributed by atoms with van der Waals surface area (Å²) in [5.74, 6) is 0.0602. The van der Waals surface area contributed by atoms with Crippen molar-refractivity contribution in [1.29, 1.82) is 0 Å². The molecule has 0 bridgehead atoms. The highest BCUT2D eigenvalue weighted by Gasteiger charge is 2.24. The van der Waals surface area contributed by atoms with Crippen LogP contribution in [0.3, 0.4) is 0 Å². The van der Waals surface area contributed by atoms with E-state index in [-0.39, 0.29) is 18.2 Å². The first-order valence-corrected chi connectivity index (χ1v) is 7.82. The van der Waals surface area contributed by atoms with Gasteiger partial charge in [0.15, 0.2) is 0 Å². The second-order valence-corrected chi connectivity index (χ2v) is 6.13. The van der Waals surface area contributed by atoms with Crippen molar-refractivity contribution in [3.05, 3.63) is 11.9 Å². The van der Waals surface area contributed by atoms with Gasteiger partial charge in [-0.05, 0) is 6.92 Å². The number of aromatic nitrogens is 2. The number of carbonyl (C=O) groups excluding carboxylic acids is 1. The number of carbonyl (C=O) groups is 1. The monoisotopic (exact) mass is 303 g/mol. The van der Waals surface area contributed by atoms with Crippen molar-refractivity contribution in [1.82, 2.24) is 14.6 Å². The number of nitrogens with two attached hydrogens (primary N) is 1. The number of fused-ring (bicyclic) bond motifs is 1. The largest absolute Gasteiger partial charge is 0.402 e. The quantitative estimate of drug-likeness (QED) is 0.533. The van der Waals surface area contributed by atoms with Crippen LogP contribution in [0.4, 0.5) is 5.95 Å². The second kappa shape index (κ2) is 5.92. The lowest BCUT2D eigenvalue weighted by Crippen LogP contribution is -2.34. The van der Waals surface area contributed by atoms with Crippen LogP contribution in [0.5, 0.6) is 0 Å². The molecule has 0 aromatic carbocycles. The third-order valence-electron chi connectivity index (χ3n) is 2.92. The van der Waals surface area contributed by atoms with Crippen LogP contribution in [0.15, 0.2) is 6.20 Å². The Morgan fingerprint density at radius 1 is 1.80 bits per heavy atom. The molecule has 2 heterocycles. The predicted octanol–water partition coefficient (Wildman–Crippen LogP) is -0.250. The van der Waals surface area contributed by atoms with Crippen LogP contribution in [-0.2, 0) is 15.6 Å². The van der Waals surface area contributed by atoms with Gasteiger partial charge in [-0.1, -0.05) is 0 Å². The first-order chi connectivity index (χ1) is 9.41. The summed E-state index contributed by atoms with van der Waals surface area (Å²) < 4.78 is 18.0. The molecule has 2 unspecified atom stereocenters. The van der Waals surface area contributed by atoms with Gasteiger partial charge in [0.25, 0.3) is 5.91 Å². The van der Waals surface area contributed by atoms with E-state index in [1.807, 2.05) is 0 Å². The van der Waals surface area contributed by atoms with E-state index in [0.29, 0.717) is 25.6 Å². The number of nitrogens with one attached hydrogen (secondary N) is 2. The minimum atomic E-state index is -3.73. The molecular weight excluding hydrogens is 285 g/mol. The second-order valence-electron chi connectivity index (χ2n) is 4.51. The highest BCUT2D eigenvalue weighted by atomic mass is 31.2. The SMILES string of the molecule is CCOP(=O)(O)NCC1CNc2nc(C(N)=O)cn2C1. The van der Waals surface area contributed by atoms with Gasteiger partial charge in [0, 0.05) is 31.7 Å². The standard InChI is InChI=1S/C10H18N5O4P/c1-2-19-20(17,18)13-4-7-3-12-10-14-8(9(11)16)6-15(10)5-7/h6-7H,2-5H2,1H3,(H2,11,16)(H,12,14)(H2,13,17,18). The Labute approximate surface area is 116 Å². The molecule has 1 aliphatic rings. The molecule has 1 amide bonds. The molecule has 1 aromatic heterocycles. The lowest BCUT2D eigenvalue weighted by atomic mass is 10.1. The van der Waals surface area contributed by atoms with Crippen LogP contribution in [0, 0.1) is 5.92 Å². The smallest absolute Gasteiger partial charge is 0.364 e. The zero-order chi connectivity index (χ0) is 14.8. The fraction of sp³-hybridized carbons (Fsp3) is 0.600. The number of primary amides is 1. The molecule has 9 nitrogen and oxygen atoms in total. The minimum Gasteiger partial charge on any atom is -0.364 e. The summed E-state index contributed by atoms with van der Waals surface area (Å²) in [5, 5.41) is 5.56. The van der Waals surface area contributed by atoms with Gasteiger partial charge < -0.3 is 20.5 Å². The van der Waals surface area contributed by atoms with Crippen molar-refractivity contribution in [2.75, 3.05) is 25.0 Å². The van der Waals surface area contributed by atoms with Gasteiger partial charge in [-0.2, -0.15) is 0 Å². The summed E-state index contributed by atoms with van der Waals surface area (Å²) in [6.45, 7) is 3.27. The van der Waals surface area contributed by atoms with E-state index in [1.54, 1.807) is 17.7 Å². The molecule has 10 heteroatoms. The fourth-order valence-corrected chi connectivity index (χ4v) is 2.93. The summed E-state index contributed by atoms with van der Waals surface area (Å²) in [6.07, 6.45) is 1.57. The fourth-order valence-electron chi connectivity index (χ4n) is 2.00. The molecule has 0 saturated heterocycles. The van der Waals surface area contributed by atoms with E-state index in [4.69, 9.17) is 10.3 Å². The van der Waals surface area contributed by atoms with Crippen molar-refractivity contribution in [2.24, 2.45) is 11.7 Å². The first kappa shape index (κ1) is 15.0. The molecule has 5 N–H and O–H groups in total. The van der Waals surface area contributed by atoms with Crippen LogP contribution in [0.1, 0.15) is 17.4 Å². The lowest BCUT2D eigenvalue weighted by Gasteiger charge is -2.25. The Morgan fingerprint density at radius 3 is 3.20 bits per heavy atom. The average Bonchev–Trinajstić information content (AvgIpc) is 2.79. The molecule has 0 fully saturated rings. The number of imidazole rings is 1. The van der Waals surface area contributed by atoms with Crippen molar-refractivity contribution < 1.29 is 18.8 Å². The highest BCUT2D eigenvalue weighted by Crippen LogP contribution is 2.36. The minimum absolute atomic E-state index is 0.0679. The summed E-state index contributed by atoms with van der Waals surface area (Å²) in [7, 11) is -3.73. The summed E-state index contributed by atoms with van der Waals surface area (Å²) >= 11 is 0. The molecule has 0 aliphatic carbocycles. The topological polar surface area (TPSA) is 132 Å². The Bertz CT molecular complexity index is 546. The summed E-state index contributed by atoms with van der Waals surface area (Å²) in [6, 6.07) is 0. The van der Waals surface area contributed by atoms with Crippen LogP contribution in [-0.4, -0.2) is 40.0 Å². The zero-order valence-corrected chi connectivity index (χ0v) is 12.0. The summed E-state index contributed by atoms with van der Waals surface area (Å²) in [4.78, 5) is 24.5. The van der Waals surface area contributed by atoms with Crippen LogP contribution < -0.4 is 16.1 Å². The van der Waals surface area contributed by atoms with E-state index >= 15 is 0 Å². The molecule has 0 saturated carbocycles. The molecule has 20 heavy (non-hydrogen) atoms. The molecule has 1 aliphatic heterocycles. The Hall–Kier alpha value is -1.41. The van der Waals surface area contributed by atoms with Gasteiger partial charge in [-0.25, -0.2) is 14.6 Å². The van der Waals surface area contributed by atoms with Crippen LogP contribution in [0.25, 0.3) is 0 Å². The number of anilines is 1. The number of hydrogen-bond donors (Lipinski definition) is 4. The molecule has 0 spiro atoms. The number of amides is 1. The van der Waals surface area contributed by atoms with Crippen molar-refractivity contribution >= 4 is 19.6 Å². The van der Waals surface area contributed by atoms with Gasteiger partial charge in [0.1, 0.15) is 5.69 Å².